The molecule has 2 aromatic rings. The Balaban J connectivity index is 2.11. The second-order valence-electron chi connectivity index (χ2n) is 6.89. The molecular formula is C22H28ClNO4. The molecule has 0 bridgehead atoms. The average Bonchev–Trinajstić information content (AvgIpc) is 2.65. The van der Waals surface area contributed by atoms with Crippen LogP contribution in [0.25, 0.3) is 0 Å². The van der Waals surface area contributed by atoms with Crippen molar-refractivity contribution in [1.82, 2.24) is 0 Å². The minimum absolute atomic E-state index is 0.284. The summed E-state index contributed by atoms with van der Waals surface area (Å²) < 4.78 is 16.6. The fourth-order valence-corrected chi connectivity index (χ4v) is 2.79. The molecular weight excluding hydrogens is 378 g/mol. The molecule has 2 rings (SSSR count). The summed E-state index contributed by atoms with van der Waals surface area (Å²) in [6.07, 6.45) is -0.688. The van der Waals surface area contributed by atoms with Gasteiger partial charge in [0.25, 0.3) is 5.91 Å². The predicted molar refractivity (Wildman–Crippen MR) is 113 cm³/mol. The van der Waals surface area contributed by atoms with Crippen molar-refractivity contribution in [3.05, 3.63) is 52.5 Å². The van der Waals surface area contributed by atoms with E-state index in [1.807, 2.05) is 19.1 Å². The van der Waals surface area contributed by atoms with Crippen LogP contribution in [0.15, 0.2) is 36.4 Å². The van der Waals surface area contributed by atoms with Crippen molar-refractivity contribution in [3.63, 3.8) is 0 Å². The average molecular weight is 406 g/mol. The summed E-state index contributed by atoms with van der Waals surface area (Å²) in [6, 6.07) is 11.3. The number of aryl methyl sites for hydroxylation is 1. The third-order valence-corrected chi connectivity index (χ3v) is 4.61. The number of halogens is 1. The van der Waals surface area contributed by atoms with Crippen LogP contribution in [-0.2, 0) is 9.53 Å². The van der Waals surface area contributed by atoms with E-state index in [-0.39, 0.29) is 5.91 Å². The van der Waals surface area contributed by atoms with Gasteiger partial charge in [0.2, 0.25) is 0 Å². The van der Waals surface area contributed by atoms with E-state index in [1.165, 1.54) is 0 Å². The van der Waals surface area contributed by atoms with Crippen molar-refractivity contribution in [2.24, 2.45) is 0 Å². The van der Waals surface area contributed by atoms with Crippen LogP contribution >= 0.6 is 11.6 Å². The van der Waals surface area contributed by atoms with E-state index in [0.29, 0.717) is 41.3 Å². The van der Waals surface area contributed by atoms with Crippen LogP contribution in [0.4, 0.5) is 5.69 Å². The number of anilines is 1. The SMILES string of the molecule is COCCOc1c(Cl)cccc1NC(=O)C(C)Oc1cc(C(C)C)ccc1C. The largest absolute Gasteiger partial charge is 0.487 e. The van der Waals surface area contributed by atoms with Gasteiger partial charge in [-0.25, -0.2) is 0 Å². The van der Waals surface area contributed by atoms with Crippen LogP contribution in [0, 0.1) is 6.92 Å². The Morgan fingerprint density at radius 3 is 2.57 bits per heavy atom. The molecule has 1 N–H and O–H groups in total. The van der Waals surface area contributed by atoms with E-state index in [4.69, 9.17) is 25.8 Å². The highest BCUT2D eigenvalue weighted by molar-refractivity contribution is 6.32. The Morgan fingerprint density at radius 2 is 1.89 bits per heavy atom. The minimum atomic E-state index is -0.688. The van der Waals surface area contributed by atoms with E-state index in [9.17, 15) is 4.79 Å². The lowest BCUT2D eigenvalue weighted by atomic mass is 10.0. The standard InChI is InChI=1S/C22H28ClNO4/c1-14(2)17-10-9-15(3)20(13-17)28-16(4)22(25)24-19-8-6-7-18(23)21(19)27-12-11-26-5/h6-10,13-14,16H,11-12H2,1-5H3,(H,24,25). The van der Waals surface area contributed by atoms with E-state index >= 15 is 0 Å². The molecule has 152 valence electrons. The smallest absolute Gasteiger partial charge is 0.265 e. The summed E-state index contributed by atoms with van der Waals surface area (Å²) in [5, 5.41) is 3.26. The van der Waals surface area contributed by atoms with Crippen LogP contribution in [0.5, 0.6) is 11.5 Å². The normalized spacial score (nSPS) is 12.0. The molecule has 0 radical (unpaired) electrons. The molecule has 1 amide bonds. The van der Waals surface area contributed by atoms with Gasteiger partial charge in [0.05, 0.1) is 17.3 Å². The third-order valence-electron chi connectivity index (χ3n) is 4.31. The van der Waals surface area contributed by atoms with Gasteiger partial charge in [-0.2, -0.15) is 0 Å². The van der Waals surface area contributed by atoms with Gasteiger partial charge in [0.15, 0.2) is 11.9 Å². The first-order valence-corrected chi connectivity index (χ1v) is 9.69. The zero-order chi connectivity index (χ0) is 20.7. The molecule has 0 aromatic heterocycles. The van der Waals surface area contributed by atoms with Crippen LogP contribution in [-0.4, -0.2) is 32.3 Å². The summed E-state index contributed by atoms with van der Waals surface area (Å²) in [7, 11) is 1.59. The Labute approximate surface area is 171 Å². The van der Waals surface area contributed by atoms with Gasteiger partial charge < -0.3 is 19.5 Å². The number of hydrogen-bond donors (Lipinski definition) is 1. The first kappa shape index (κ1) is 22.1. The maximum atomic E-state index is 12.7. The molecule has 0 saturated carbocycles. The second-order valence-corrected chi connectivity index (χ2v) is 7.29. The van der Waals surface area contributed by atoms with Gasteiger partial charge >= 0.3 is 0 Å². The Hall–Kier alpha value is -2.24. The van der Waals surface area contributed by atoms with Crippen LogP contribution in [0.3, 0.4) is 0 Å². The number of para-hydroxylation sites is 1. The Bertz CT molecular complexity index is 807. The van der Waals surface area contributed by atoms with Crippen LogP contribution in [0.2, 0.25) is 5.02 Å². The molecule has 0 saturated heterocycles. The van der Waals surface area contributed by atoms with Gasteiger partial charge in [-0.05, 0) is 49.1 Å². The first-order valence-electron chi connectivity index (χ1n) is 9.31. The molecule has 0 heterocycles. The number of methoxy groups -OCH3 is 1. The molecule has 6 heteroatoms. The molecule has 0 spiro atoms. The van der Waals surface area contributed by atoms with Crippen LogP contribution in [0.1, 0.15) is 37.8 Å². The van der Waals surface area contributed by atoms with Gasteiger partial charge in [0, 0.05) is 7.11 Å². The number of benzene rings is 2. The van der Waals surface area contributed by atoms with Gasteiger partial charge in [0.1, 0.15) is 12.4 Å². The minimum Gasteiger partial charge on any atom is -0.487 e. The van der Waals surface area contributed by atoms with Gasteiger partial charge in [-0.1, -0.05) is 43.6 Å². The highest BCUT2D eigenvalue weighted by Crippen LogP contribution is 2.33. The zero-order valence-corrected chi connectivity index (χ0v) is 17.8. The summed E-state index contributed by atoms with van der Waals surface area (Å²) in [5.41, 5.74) is 2.64. The summed E-state index contributed by atoms with van der Waals surface area (Å²) in [6.45, 7) is 8.67. The second kappa shape index (κ2) is 10.3. The van der Waals surface area contributed by atoms with E-state index < -0.39 is 6.10 Å². The molecule has 1 atom stereocenters. The Kier molecular flexibility index (Phi) is 8.15. The number of carbonyl (C=O) groups is 1. The van der Waals surface area contributed by atoms with Crippen molar-refractivity contribution >= 4 is 23.2 Å². The van der Waals surface area contributed by atoms with Crippen molar-refractivity contribution in [2.75, 3.05) is 25.6 Å². The molecule has 0 aliphatic rings. The topological polar surface area (TPSA) is 56.8 Å². The van der Waals surface area contributed by atoms with Crippen molar-refractivity contribution < 1.29 is 19.0 Å². The number of hydrogen-bond acceptors (Lipinski definition) is 4. The van der Waals surface area contributed by atoms with Crippen molar-refractivity contribution in [1.29, 1.82) is 0 Å². The number of carbonyl (C=O) groups excluding carboxylic acids is 1. The van der Waals surface area contributed by atoms with E-state index in [1.54, 1.807) is 32.2 Å². The number of nitrogens with one attached hydrogen (secondary N) is 1. The Morgan fingerprint density at radius 1 is 1.14 bits per heavy atom. The fraction of sp³-hybridized carbons (Fsp3) is 0.409. The summed E-state index contributed by atoms with van der Waals surface area (Å²) in [5.74, 6) is 1.22. The molecule has 1 unspecified atom stereocenters. The third kappa shape index (κ3) is 5.88. The maximum absolute atomic E-state index is 12.7. The number of amides is 1. The molecule has 28 heavy (non-hydrogen) atoms. The molecule has 0 fully saturated rings. The van der Waals surface area contributed by atoms with Crippen molar-refractivity contribution in [2.45, 2.75) is 39.7 Å². The number of rotatable bonds is 9. The lowest BCUT2D eigenvalue weighted by molar-refractivity contribution is -0.122. The highest BCUT2D eigenvalue weighted by Gasteiger charge is 2.19. The summed E-state index contributed by atoms with van der Waals surface area (Å²) in [4.78, 5) is 12.7. The van der Waals surface area contributed by atoms with Gasteiger partial charge in [-0.3, -0.25) is 4.79 Å². The summed E-state index contributed by atoms with van der Waals surface area (Å²) >= 11 is 6.22. The highest BCUT2D eigenvalue weighted by atomic mass is 35.5. The van der Waals surface area contributed by atoms with Crippen LogP contribution < -0.4 is 14.8 Å². The monoisotopic (exact) mass is 405 g/mol. The van der Waals surface area contributed by atoms with Crippen molar-refractivity contribution in [3.8, 4) is 11.5 Å². The molecule has 5 nitrogen and oxygen atoms in total. The lowest BCUT2D eigenvalue weighted by Gasteiger charge is -2.19. The fourth-order valence-electron chi connectivity index (χ4n) is 2.56. The number of ether oxygens (including phenoxy) is 3. The molecule has 2 aromatic carbocycles. The first-order chi connectivity index (χ1) is 13.3. The maximum Gasteiger partial charge on any atom is 0.265 e. The zero-order valence-electron chi connectivity index (χ0n) is 17.0. The molecule has 0 aliphatic carbocycles. The predicted octanol–water partition coefficient (Wildman–Crippen LogP) is 5.20. The lowest BCUT2D eigenvalue weighted by Crippen LogP contribution is -2.30. The van der Waals surface area contributed by atoms with E-state index in [0.717, 1.165) is 11.1 Å². The quantitative estimate of drug-likeness (QED) is 0.582. The van der Waals surface area contributed by atoms with E-state index in [2.05, 4.69) is 25.2 Å². The molecule has 0 aliphatic heterocycles. The van der Waals surface area contributed by atoms with Gasteiger partial charge in [-0.15, -0.1) is 0 Å².